The molecule has 4 rings (SSSR count). The quantitative estimate of drug-likeness (QED) is 0.220. The summed E-state index contributed by atoms with van der Waals surface area (Å²) in [6, 6.07) is 12.5. The standard InChI is InChI=1S/C30H42N4O4S2.ClH/c1-4-6-16-33(17-7-5-2)40(36,37)26-12-10-25(11-13-26)29(35)34(18-8-15-32-19-21-38-22-20-32)30-31-27-14-9-24(3)23-28(27)39-30;/h9-14,23H,4-8,15-22H2,1-3H3;1H. The third-order valence-corrected chi connectivity index (χ3v) is 10.2. The first-order valence-corrected chi connectivity index (χ1v) is 16.7. The lowest BCUT2D eigenvalue weighted by atomic mass is 10.2. The largest absolute Gasteiger partial charge is 0.379 e. The lowest BCUT2D eigenvalue weighted by molar-refractivity contribution is 0.0376. The van der Waals surface area contributed by atoms with Crippen LogP contribution in [0.5, 0.6) is 0 Å². The van der Waals surface area contributed by atoms with E-state index in [1.807, 2.05) is 19.1 Å². The van der Waals surface area contributed by atoms with E-state index < -0.39 is 10.0 Å². The van der Waals surface area contributed by atoms with E-state index in [9.17, 15) is 13.2 Å². The normalized spacial score (nSPS) is 14.3. The van der Waals surface area contributed by atoms with Crippen LogP contribution in [0.1, 0.15) is 61.9 Å². The average Bonchev–Trinajstić information content (AvgIpc) is 3.38. The molecule has 0 bridgehead atoms. The van der Waals surface area contributed by atoms with Crippen molar-refractivity contribution in [3.63, 3.8) is 0 Å². The first-order valence-electron chi connectivity index (χ1n) is 14.4. The number of benzene rings is 2. The topological polar surface area (TPSA) is 83.1 Å². The van der Waals surface area contributed by atoms with Gasteiger partial charge in [-0.25, -0.2) is 13.4 Å². The summed E-state index contributed by atoms with van der Waals surface area (Å²) >= 11 is 1.51. The summed E-state index contributed by atoms with van der Waals surface area (Å²) in [6.07, 6.45) is 4.30. The minimum Gasteiger partial charge on any atom is -0.379 e. The summed E-state index contributed by atoms with van der Waals surface area (Å²) in [5.41, 5.74) is 2.48. The van der Waals surface area contributed by atoms with Gasteiger partial charge in [0.1, 0.15) is 0 Å². The van der Waals surface area contributed by atoms with Gasteiger partial charge in [-0.15, -0.1) is 12.4 Å². The van der Waals surface area contributed by atoms with Crippen LogP contribution in [0.4, 0.5) is 5.13 Å². The van der Waals surface area contributed by atoms with Crippen LogP contribution >= 0.6 is 23.7 Å². The maximum absolute atomic E-state index is 13.8. The Labute approximate surface area is 255 Å². The van der Waals surface area contributed by atoms with Crippen molar-refractivity contribution in [1.29, 1.82) is 0 Å². The van der Waals surface area contributed by atoms with E-state index in [0.29, 0.717) is 30.3 Å². The van der Waals surface area contributed by atoms with Gasteiger partial charge in [0.15, 0.2) is 5.13 Å². The predicted octanol–water partition coefficient (Wildman–Crippen LogP) is 5.99. The van der Waals surface area contributed by atoms with E-state index in [1.54, 1.807) is 33.5 Å². The molecule has 0 radical (unpaired) electrons. The molecule has 1 aliphatic rings. The van der Waals surface area contributed by atoms with E-state index in [4.69, 9.17) is 9.72 Å². The van der Waals surface area contributed by atoms with Crippen molar-refractivity contribution >= 4 is 55.0 Å². The van der Waals surface area contributed by atoms with Crippen molar-refractivity contribution in [1.82, 2.24) is 14.2 Å². The van der Waals surface area contributed by atoms with Gasteiger partial charge in [0.25, 0.3) is 5.91 Å². The molecule has 11 heteroatoms. The zero-order valence-electron chi connectivity index (χ0n) is 24.4. The Morgan fingerprint density at radius 2 is 1.63 bits per heavy atom. The van der Waals surface area contributed by atoms with Gasteiger partial charge in [0, 0.05) is 44.8 Å². The number of nitrogens with zero attached hydrogens (tertiary/aromatic N) is 4. The van der Waals surface area contributed by atoms with E-state index >= 15 is 0 Å². The number of anilines is 1. The van der Waals surface area contributed by atoms with Crippen LogP contribution in [-0.2, 0) is 14.8 Å². The number of morpholine rings is 1. The van der Waals surface area contributed by atoms with Crippen LogP contribution in [0.25, 0.3) is 10.2 Å². The van der Waals surface area contributed by atoms with Gasteiger partial charge in [-0.3, -0.25) is 14.6 Å². The van der Waals surface area contributed by atoms with Crippen molar-refractivity contribution in [2.24, 2.45) is 0 Å². The van der Waals surface area contributed by atoms with Gasteiger partial charge >= 0.3 is 0 Å². The number of amides is 1. The molecule has 3 aromatic rings. The second-order valence-corrected chi connectivity index (χ2v) is 13.3. The van der Waals surface area contributed by atoms with Gasteiger partial charge in [-0.1, -0.05) is 44.1 Å². The summed E-state index contributed by atoms with van der Waals surface area (Å²) in [5, 5.41) is 0.662. The fourth-order valence-electron chi connectivity index (χ4n) is 4.79. The number of fused-ring (bicyclic) bond motifs is 1. The zero-order chi connectivity index (χ0) is 28.5. The molecule has 2 heterocycles. The average molecular weight is 623 g/mol. The number of hydrogen-bond donors (Lipinski definition) is 0. The number of hydrogen-bond acceptors (Lipinski definition) is 7. The van der Waals surface area contributed by atoms with Crippen LogP contribution in [0.15, 0.2) is 47.4 Å². The second kappa shape index (κ2) is 16.0. The molecule has 8 nitrogen and oxygen atoms in total. The number of aryl methyl sites for hydroxylation is 1. The predicted molar refractivity (Wildman–Crippen MR) is 170 cm³/mol. The van der Waals surface area contributed by atoms with Gasteiger partial charge in [0.05, 0.1) is 28.3 Å². The maximum atomic E-state index is 13.8. The Bertz CT molecular complexity index is 1350. The number of ether oxygens (including phenoxy) is 1. The number of aromatic nitrogens is 1. The highest BCUT2D eigenvalue weighted by Gasteiger charge is 2.26. The number of carbonyl (C=O) groups is 1. The summed E-state index contributed by atoms with van der Waals surface area (Å²) in [5.74, 6) is -0.171. The minimum atomic E-state index is -3.63. The summed E-state index contributed by atoms with van der Waals surface area (Å²) in [7, 11) is -3.63. The molecule has 1 aromatic heterocycles. The summed E-state index contributed by atoms with van der Waals surface area (Å²) < 4.78 is 34.9. The molecular weight excluding hydrogens is 580 g/mol. The molecule has 2 aromatic carbocycles. The van der Waals surface area contributed by atoms with Crippen molar-refractivity contribution in [3.8, 4) is 0 Å². The van der Waals surface area contributed by atoms with Crippen LogP contribution in [0, 0.1) is 6.92 Å². The molecule has 0 aliphatic carbocycles. The smallest absolute Gasteiger partial charge is 0.260 e. The highest BCUT2D eigenvalue weighted by atomic mass is 35.5. The number of rotatable bonds is 14. The van der Waals surface area contributed by atoms with Crippen molar-refractivity contribution < 1.29 is 17.9 Å². The third kappa shape index (κ3) is 8.72. The Kier molecular flexibility index (Phi) is 13.0. The Morgan fingerprint density at radius 3 is 2.27 bits per heavy atom. The van der Waals surface area contributed by atoms with Gasteiger partial charge in [-0.2, -0.15) is 4.31 Å². The molecule has 1 saturated heterocycles. The number of carbonyl (C=O) groups excluding carboxylic acids is 1. The van der Waals surface area contributed by atoms with E-state index in [2.05, 4.69) is 24.8 Å². The second-order valence-electron chi connectivity index (χ2n) is 10.4. The number of unbranched alkanes of at least 4 members (excludes halogenated alkanes) is 2. The van der Waals surface area contributed by atoms with Crippen LogP contribution in [-0.4, -0.2) is 81.0 Å². The van der Waals surface area contributed by atoms with Crippen LogP contribution < -0.4 is 4.90 Å². The first kappa shape index (κ1) is 33.4. The number of thiazole rings is 1. The highest BCUT2D eigenvalue weighted by Crippen LogP contribution is 2.31. The van der Waals surface area contributed by atoms with E-state index in [-0.39, 0.29) is 23.2 Å². The molecule has 41 heavy (non-hydrogen) atoms. The SMILES string of the molecule is CCCCN(CCCC)S(=O)(=O)c1ccc(C(=O)N(CCCN2CCOCC2)c2nc3ccc(C)cc3s2)cc1.Cl. The Hall–Kier alpha value is -2.08. The van der Waals surface area contributed by atoms with Crippen molar-refractivity contribution in [2.75, 3.05) is 57.4 Å². The molecule has 0 spiro atoms. The minimum absolute atomic E-state index is 0. The molecule has 226 valence electrons. The highest BCUT2D eigenvalue weighted by molar-refractivity contribution is 7.89. The van der Waals surface area contributed by atoms with Crippen LogP contribution in [0.3, 0.4) is 0 Å². The molecule has 1 aliphatic heterocycles. The van der Waals surface area contributed by atoms with E-state index in [1.165, 1.54) is 11.3 Å². The van der Waals surface area contributed by atoms with Gasteiger partial charge in [-0.05, 0) is 68.1 Å². The molecule has 0 saturated carbocycles. The molecule has 1 fully saturated rings. The zero-order valence-corrected chi connectivity index (χ0v) is 26.8. The molecule has 0 unspecified atom stereocenters. The van der Waals surface area contributed by atoms with Gasteiger partial charge in [0.2, 0.25) is 10.0 Å². The fourth-order valence-corrected chi connectivity index (χ4v) is 7.40. The lowest BCUT2D eigenvalue weighted by Crippen LogP contribution is -2.39. The van der Waals surface area contributed by atoms with E-state index in [0.717, 1.165) is 80.7 Å². The molecule has 1 amide bonds. The Balaban J connectivity index is 0.00000462. The monoisotopic (exact) mass is 622 g/mol. The first-order chi connectivity index (χ1) is 19.3. The van der Waals surface area contributed by atoms with Crippen LogP contribution in [0.2, 0.25) is 0 Å². The molecular formula is C30H43ClN4O4S2. The van der Waals surface area contributed by atoms with Gasteiger partial charge < -0.3 is 4.74 Å². The molecule has 0 N–H and O–H groups in total. The summed E-state index contributed by atoms with van der Waals surface area (Å²) in [4.78, 5) is 23.0. The summed E-state index contributed by atoms with van der Waals surface area (Å²) in [6.45, 7) is 11.9. The Morgan fingerprint density at radius 1 is 0.976 bits per heavy atom. The number of halogens is 1. The van der Waals surface area contributed by atoms with Crippen molar-refractivity contribution in [2.45, 2.75) is 57.8 Å². The number of sulfonamides is 1. The third-order valence-electron chi connectivity index (χ3n) is 7.23. The lowest BCUT2D eigenvalue weighted by Gasteiger charge is -2.27. The molecule has 0 atom stereocenters. The maximum Gasteiger partial charge on any atom is 0.260 e. The van der Waals surface area contributed by atoms with Crippen molar-refractivity contribution in [3.05, 3.63) is 53.6 Å². The fraction of sp³-hybridized carbons (Fsp3) is 0.533.